The molecule has 1 aliphatic rings. The lowest BCUT2D eigenvalue weighted by atomic mass is 9.85. The van der Waals surface area contributed by atoms with Gasteiger partial charge in [0.25, 0.3) is 0 Å². The summed E-state index contributed by atoms with van der Waals surface area (Å²) in [6.45, 7) is 5.03. The van der Waals surface area contributed by atoms with Crippen molar-refractivity contribution in [2.75, 3.05) is 19.6 Å². The Balaban J connectivity index is 1.73. The molecule has 2 unspecified atom stereocenters. The summed E-state index contributed by atoms with van der Waals surface area (Å²) >= 11 is 0. The Kier molecular flexibility index (Phi) is 6.82. The van der Waals surface area contributed by atoms with Crippen LogP contribution in [0.25, 0.3) is 0 Å². The summed E-state index contributed by atoms with van der Waals surface area (Å²) < 4.78 is 0. The third kappa shape index (κ3) is 5.20. The Morgan fingerprint density at radius 1 is 1.07 bits per heavy atom. The Morgan fingerprint density at radius 3 is 2.36 bits per heavy atom. The first-order valence-corrected chi connectivity index (χ1v) is 9.92. The van der Waals surface area contributed by atoms with Crippen LogP contribution in [0, 0.1) is 0 Å². The fraction of sp³-hybridized carbons (Fsp3) is 0.391. The molecule has 0 saturated carbocycles. The average Bonchev–Trinajstić information content (AvgIpc) is 2.73. The normalized spacial score (nSPS) is 20.4. The van der Waals surface area contributed by atoms with Crippen molar-refractivity contribution < 1.29 is 9.59 Å². The standard InChI is InChI=1S/C23H29N3O2/c1-17(19-9-5-3-6-10-19)25-22-13-14-26(23(28)15-24-18(2)27)16-21(22)20-11-7-4-8-12-20/h3-12,17,21-22,25H,13-16H2,1-2H3,(H,24,27)/t17-,21?,22?/m0/s1. The summed E-state index contributed by atoms with van der Waals surface area (Å²) in [6, 6.07) is 21.3. The van der Waals surface area contributed by atoms with E-state index < -0.39 is 0 Å². The van der Waals surface area contributed by atoms with Crippen LogP contribution >= 0.6 is 0 Å². The van der Waals surface area contributed by atoms with E-state index in [9.17, 15) is 9.59 Å². The molecule has 3 atom stereocenters. The van der Waals surface area contributed by atoms with Crippen LogP contribution in [-0.2, 0) is 9.59 Å². The Hall–Kier alpha value is -2.66. The monoisotopic (exact) mass is 379 g/mol. The van der Waals surface area contributed by atoms with Gasteiger partial charge in [0, 0.05) is 38.0 Å². The van der Waals surface area contributed by atoms with Gasteiger partial charge in [-0.15, -0.1) is 0 Å². The van der Waals surface area contributed by atoms with E-state index in [1.807, 2.05) is 29.2 Å². The quantitative estimate of drug-likeness (QED) is 0.811. The van der Waals surface area contributed by atoms with Crippen molar-refractivity contribution in [2.45, 2.75) is 38.3 Å². The van der Waals surface area contributed by atoms with Gasteiger partial charge in [-0.3, -0.25) is 9.59 Å². The first-order chi connectivity index (χ1) is 13.5. The predicted molar refractivity (Wildman–Crippen MR) is 111 cm³/mol. The highest BCUT2D eigenvalue weighted by Gasteiger charge is 2.33. The molecule has 0 aliphatic carbocycles. The highest BCUT2D eigenvalue weighted by Crippen LogP contribution is 2.29. The molecule has 5 nitrogen and oxygen atoms in total. The maximum absolute atomic E-state index is 12.5. The van der Waals surface area contributed by atoms with E-state index in [1.165, 1.54) is 18.1 Å². The lowest BCUT2D eigenvalue weighted by molar-refractivity contribution is -0.133. The van der Waals surface area contributed by atoms with Crippen molar-refractivity contribution >= 4 is 11.8 Å². The van der Waals surface area contributed by atoms with E-state index in [-0.39, 0.29) is 36.4 Å². The molecule has 3 rings (SSSR count). The van der Waals surface area contributed by atoms with Crippen molar-refractivity contribution in [3.05, 3.63) is 71.8 Å². The first-order valence-electron chi connectivity index (χ1n) is 9.92. The molecule has 5 heteroatoms. The van der Waals surface area contributed by atoms with E-state index >= 15 is 0 Å². The number of hydrogen-bond donors (Lipinski definition) is 2. The molecule has 148 valence electrons. The van der Waals surface area contributed by atoms with E-state index in [2.05, 4.69) is 54.0 Å². The fourth-order valence-corrected chi connectivity index (χ4v) is 3.89. The van der Waals surface area contributed by atoms with Gasteiger partial charge in [-0.25, -0.2) is 0 Å². The van der Waals surface area contributed by atoms with Gasteiger partial charge in [0.15, 0.2) is 0 Å². The largest absolute Gasteiger partial charge is 0.347 e. The summed E-state index contributed by atoms with van der Waals surface area (Å²) in [5.74, 6) is 0.00859. The Bertz CT molecular complexity index is 779. The number of benzene rings is 2. The third-order valence-electron chi connectivity index (χ3n) is 5.45. The van der Waals surface area contributed by atoms with Gasteiger partial charge in [-0.05, 0) is 24.5 Å². The van der Waals surface area contributed by atoms with Crippen molar-refractivity contribution in [1.82, 2.24) is 15.5 Å². The SMILES string of the molecule is CC(=O)NCC(=O)N1CCC(N[C@@H](C)c2ccccc2)C(c2ccccc2)C1. The minimum Gasteiger partial charge on any atom is -0.347 e. The molecular weight excluding hydrogens is 350 g/mol. The van der Waals surface area contributed by atoms with Crippen molar-refractivity contribution in [1.29, 1.82) is 0 Å². The van der Waals surface area contributed by atoms with Crippen LogP contribution in [-0.4, -0.2) is 42.4 Å². The van der Waals surface area contributed by atoms with Gasteiger partial charge in [-0.2, -0.15) is 0 Å². The molecule has 2 aromatic carbocycles. The van der Waals surface area contributed by atoms with E-state index in [1.54, 1.807) is 0 Å². The van der Waals surface area contributed by atoms with Crippen molar-refractivity contribution in [2.24, 2.45) is 0 Å². The Labute approximate surface area is 167 Å². The van der Waals surface area contributed by atoms with Gasteiger partial charge < -0.3 is 15.5 Å². The molecule has 28 heavy (non-hydrogen) atoms. The van der Waals surface area contributed by atoms with Crippen LogP contribution in [0.4, 0.5) is 0 Å². The number of likely N-dealkylation sites (tertiary alicyclic amines) is 1. The van der Waals surface area contributed by atoms with E-state index in [4.69, 9.17) is 0 Å². The number of piperidine rings is 1. The Morgan fingerprint density at radius 2 is 1.71 bits per heavy atom. The first kappa shape index (κ1) is 20.1. The van der Waals surface area contributed by atoms with Crippen LogP contribution < -0.4 is 10.6 Å². The lowest BCUT2D eigenvalue weighted by Crippen LogP contribution is -2.52. The van der Waals surface area contributed by atoms with Gasteiger partial charge in [-0.1, -0.05) is 60.7 Å². The molecule has 1 heterocycles. The number of rotatable bonds is 6. The minimum absolute atomic E-state index is 0.0225. The van der Waals surface area contributed by atoms with Gasteiger partial charge in [0.1, 0.15) is 0 Å². The highest BCUT2D eigenvalue weighted by molar-refractivity contribution is 5.83. The zero-order chi connectivity index (χ0) is 19.9. The molecule has 0 bridgehead atoms. The fourth-order valence-electron chi connectivity index (χ4n) is 3.89. The topological polar surface area (TPSA) is 61.4 Å². The second-order valence-corrected chi connectivity index (χ2v) is 7.46. The van der Waals surface area contributed by atoms with Crippen molar-refractivity contribution in [3.63, 3.8) is 0 Å². The molecule has 1 saturated heterocycles. The van der Waals surface area contributed by atoms with Crippen LogP contribution in [0.15, 0.2) is 60.7 Å². The third-order valence-corrected chi connectivity index (χ3v) is 5.45. The molecular formula is C23H29N3O2. The smallest absolute Gasteiger partial charge is 0.241 e. The van der Waals surface area contributed by atoms with Crippen LogP contribution in [0.3, 0.4) is 0 Å². The highest BCUT2D eigenvalue weighted by atomic mass is 16.2. The summed E-state index contributed by atoms with van der Waals surface area (Å²) in [4.78, 5) is 25.5. The zero-order valence-electron chi connectivity index (χ0n) is 16.6. The molecule has 1 aliphatic heterocycles. The molecule has 2 N–H and O–H groups in total. The van der Waals surface area contributed by atoms with Gasteiger partial charge >= 0.3 is 0 Å². The minimum atomic E-state index is -0.179. The van der Waals surface area contributed by atoms with Crippen LogP contribution in [0.5, 0.6) is 0 Å². The maximum Gasteiger partial charge on any atom is 0.241 e. The van der Waals surface area contributed by atoms with Crippen molar-refractivity contribution in [3.8, 4) is 0 Å². The molecule has 2 aromatic rings. The zero-order valence-corrected chi connectivity index (χ0v) is 16.6. The van der Waals surface area contributed by atoms with Gasteiger partial charge in [0.05, 0.1) is 6.54 Å². The lowest BCUT2D eigenvalue weighted by Gasteiger charge is -2.40. The van der Waals surface area contributed by atoms with Crippen LogP contribution in [0.1, 0.15) is 43.4 Å². The van der Waals surface area contributed by atoms with E-state index in [0.717, 1.165) is 6.42 Å². The summed E-state index contributed by atoms with van der Waals surface area (Å²) in [5, 5.41) is 6.40. The number of nitrogens with one attached hydrogen (secondary N) is 2. The maximum atomic E-state index is 12.5. The summed E-state index contributed by atoms with van der Waals surface area (Å²) in [7, 11) is 0. The number of hydrogen-bond acceptors (Lipinski definition) is 3. The molecule has 2 amide bonds. The molecule has 1 fully saturated rings. The number of carbonyl (C=O) groups excluding carboxylic acids is 2. The predicted octanol–water partition coefficient (Wildman–Crippen LogP) is 2.86. The summed E-state index contributed by atoms with van der Waals surface area (Å²) in [6.07, 6.45) is 0.878. The average molecular weight is 380 g/mol. The van der Waals surface area contributed by atoms with Gasteiger partial charge in [0.2, 0.25) is 11.8 Å². The molecule has 0 aromatic heterocycles. The molecule has 0 radical (unpaired) electrons. The summed E-state index contributed by atoms with van der Waals surface area (Å²) in [5.41, 5.74) is 2.50. The number of carbonyl (C=O) groups is 2. The van der Waals surface area contributed by atoms with Crippen LogP contribution in [0.2, 0.25) is 0 Å². The van der Waals surface area contributed by atoms with E-state index in [0.29, 0.717) is 13.1 Å². The number of nitrogens with zero attached hydrogens (tertiary/aromatic N) is 1. The number of amides is 2. The molecule has 0 spiro atoms. The second-order valence-electron chi connectivity index (χ2n) is 7.46. The second kappa shape index (κ2) is 9.51.